The van der Waals surface area contributed by atoms with E-state index in [1.165, 1.54) is 6.42 Å². The van der Waals surface area contributed by atoms with Gasteiger partial charge in [-0.2, -0.15) is 0 Å². The van der Waals surface area contributed by atoms with Gasteiger partial charge >= 0.3 is 0 Å². The minimum atomic E-state index is -1.90. The van der Waals surface area contributed by atoms with Gasteiger partial charge in [-0.05, 0) is 43.1 Å². The summed E-state index contributed by atoms with van der Waals surface area (Å²) >= 11 is 0. The van der Waals surface area contributed by atoms with Crippen LogP contribution in [0.15, 0.2) is 34.7 Å². The van der Waals surface area contributed by atoms with Crippen molar-refractivity contribution in [2.45, 2.75) is 76.6 Å². The number of hydrogen-bond acceptors (Lipinski definition) is 6. The number of para-hydroxylation sites is 1. The van der Waals surface area contributed by atoms with Crippen LogP contribution in [0.3, 0.4) is 0 Å². The maximum Gasteiger partial charge on any atom is 0.228 e. The van der Waals surface area contributed by atoms with Crippen LogP contribution in [0, 0.1) is 0 Å². The molecule has 0 amide bonds. The van der Waals surface area contributed by atoms with E-state index in [1.54, 1.807) is 0 Å². The van der Waals surface area contributed by atoms with E-state index < -0.39 is 13.9 Å². The fourth-order valence-corrected chi connectivity index (χ4v) is 7.64. The minimum absolute atomic E-state index is 0.0811. The maximum atomic E-state index is 13.1. The zero-order valence-electron chi connectivity index (χ0n) is 20.3. The Morgan fingerprint density at radius 3 is 2.25 bits per heavy atom. The summed E-state index contributed by atoms with van der Waals surface area (Å²) in [5.74, 6) is 1.51. The van der Waals surface area contributed by atoms with Gasteiger partial charge in [-0.1, -0.05) is 58.2 Å². The quantitative estimate of drug-likeness (QED) is 0.296. The number of carbonyl (C=O) groups excluding carboxylic acids is 1. The van der Waals surface area contributed by atoms with Crippen LogP contribution in [0.4, 0.5) is 5.88 Å². The number of Topliss-reactive ketones (excluding diaryl/α,β-unsaturated/α-hetero) is 1. The van der Waals surface area contributed by atoms with Gasteiger partial charge in [-0.25, -0.2) is 4.98 Å². The number of benzene rings is 1. The summed E-state index contributed by atoms with van der Waals surface area (Å²) in [5, 5.41) is 0. The SMILES string of the molecule is CC[Si](CC)(CC)OC1(c2nc(C(=O)COc3ccccc3)c(N(C)C)o2)CCCCC1. The predicted molar refractivity (Wildman–Crippen MR) is 130 cm³/mol. The third-order valence-electron chi connectivity index (χ3n) is 6.79. The number of carbonyl (C=O) groups is 1. The number of nitrogens with zero attached hydrogens (tertiary/aromatic N) is 2. The number of ether oxygens (including phenoxy) is 1. The van der Waals surface area contributed by atoms with Crippen molar-refractivity contribution in [3.63, 3.8) is 0 Å². The Bertz CT molecular complexity index is 863. The van der Waals surface area contributed by atoms with Crippen molar-refractivity contribution >= 4 is 20.0 Å². The van der Waals surface area contributed by atoms with Gasteiger partial charge in [0.1, 0.15) is 11.4 Å². The van der Waals surface area contributed by atoms with Gasteiger partial charge in [0, 0.05) is 14.1 Å². The molecule has 0 spiro atoms. The largest absolute Gasteiger partial charge is 0.485 e. The Labute approximate surface area is 193 Å². The molecule has 1 aliphatic rings. The molecule has 0 saturated heterocycles. The van der Waals surface area contributed by atoms with E-state index >= 15 is 0 Å². The highest BCUT2D eigenvalue weighted by Gasteiger charge is 2.47. The summed E-state index contributed by atoms with van der Waals surface area (Å²) in [6.45, 7) is 6.65. The van der Waals surface area contributed by atoms with Gasteiger partial charge in [0.15, 0.2) is 20.6 Å². The molecule has 176 valence electrons. The molecule has 1 aromatic carbocycles. The van der Waals surface area contributed by atoms with Gasteiger partial charge in [-0.15, -0.1) is 0 Å². The van der Waals surface area contributed by atoms with E-state index in [-0.39, 0.29) is 12.4 Å². The predicted octanol–water partition coefficient (Wildman–Crippen LogP) is 6.18. The Hall–Kier alpha value is -2.12. The standard InChI is InChI=1S/C25H38N2O4Si/c1-6-32(7-2,8-3)31-25(17-13-10-14-18-25)24-26-22(23(30-24)27(4)5)21(28)19-29-20-15-11-9-12-16-20/h9,11-12,15-16H,6-8,10,13-14,17-19H2,1-5H3. The number of ketones is 1. The molecule has 0 bridgehead atoms. The molecule has 32 heavy (non-hydrogen) atoms. The number of rotatable bonds is 11. The molecule has 0 atom stereocenters. The summed E-state index contributed by atoms with van der Waals surface area (Å²) in [5.41, 5.74) is -0.206. The van der Waals surface area contributed by atoms with Crippen molar-refractivity contribution < 1.29 is 18.4 Å². The first-order valence-electron chi connectivity index (χ1n) is 12.0. The second-order valence-electron chi connectivity index (χ2n) is 8.99. The zero-order valence-corrected chi connectivity index (χ0v) is 21.3. The van der Waals surface area contributed by atoms with Gasteiger partial charge in [-0.3, -0.25) is 4.79 Å². The van der Waals surface area contributed by atoms with Gasteiger partial charge in [0.05, 0.1) is 0 Å². The lowest BCUT2D eigenvalue weighted by Crippen LogP contribution is -2.47. The summed E-state index contributed by atoms with van der Waals surface area (Å²) in [7, 11) is 1.84. The van der Waals surface area contributed by atoms with Gasteiger partial charge < -0.3 is 18.5 Å². The Morgan fingerprint density at radius 2 is 1.69 bits per heavy atom. The van der Waals surface area contributed by atoms with Crippen molar-refractivity contribution in [3.8, 4) is 5.75 Å². The highest BCUT2D eigenvalue weighted by Crippen LogP contribution is 2.45. The topological polar surface area (TPSA) is 64.8 Å². The second-order valence-corrected chi connectivity index (χ2v) is 13.7. The van der Waals surface area contributed by atoms with Crippen LogP contribution < -0.4 is 9.64 Å². The Morgan fingerprint density at radius 1 is 1.06 bits per heavy atom. The van der Waals surface area contributed by atoms with Crippen LogP contribution in [-0.2, 0) is 10.0 Å². The average Bonchev–Trinajstić information content (AvgIpc) is 3.29. The second kappa shape index (κ2) is 10.7. The molecule has 1 heterocycles. The maximum absolute atomic E-state index is 13.1. The van der Waals surface area contributed by atoms with E-state index in [9.17, 15) is 4.79 Å². The third kappa shape index (κ3) is 5.26. The number of aromatic nitrogens is 1. The monoisotopic (exact) mass is 458 g/mol. The van der Waals surface area contributed by atoms with E-state index in [2.05, 4.69) is 20.8 Å². The van der Waals surface area contributed by atoms with E-state index in [0.717, 1.165) is 43.8 Å². The molecule has 2 aromatic rings. The highest BCUT2D eigenvalue weighted by atomic mass is 28.4. The molecule has 0 unspecified atom stereocenters. The molecule has 3 rings (SSSR count). The van der Waals surface area contributed by atoms with Crippen LogP contribution in [-0.4, -0.2) is 39.8 Å². The smallest absolute Gasteiger partial charge is 0.228 e. The fourth-order valence-electron chi connectivity index (χ4n) is 4.59. The Balaban J connectivity index is 1.93. The molecule has 0 N–H and O–H groups in total. The fraction of sp³-hybridized carbons (Fsp3) is 0.600. The van der Waals surface area contributed by atoms with E-state index in [1.807, 2.05) is 49.3 Å². The van der Waals surface area contributed by atoms with E-state index in [4.69, 9.17) is 18.6 Å². The van der Waals surface area contributed by atoms with Crippen molar-refractivity contribution in [2.75, 3.05) is 25.6 Å². The Kier molecular flexibility index (Phi) is 8.17. The van der Waals surface area contributed by atoms with Crippen molar-refractivity contribution in [1.29, 1.82) is 0 Å². The summed E-state index contributed by atoms with van der Waals surface area (Å²) in [6.07, 6.45) is 5.15. The summed E-state index contributed by atoms with van der Waals surface area (Å²) < 4.78 is 19.1. The van der Waals surface area contributed by atoms with Crippen LogP contribution in [0.25, 0.3) is 0 Å². The van der Waals surface area contributed by atoms with Crippen LogP contribution in [0.1, 0.15) is 69.3 Å². The summed E-state index contributed by atoms with van der Waals surface area (Å²) in [4.78, 5) is 19.7. The highest BCUT2D eigenvalue weighted by molar-refractivity contribution is 6.73. The van der Waals surface area contributed by atoms with Gasteiger partial charge in [0.2, 0.25) is 17.6 Å². The summed E-state index contributed by atoms with van der Waals surface area (Å²) in [6, 6.07) is 12.6. The molecular formula is C25H38N2O4Si. The van der Waals surface area contributed by atoms with Crippen LogP contribution in [0.2, 0.25) is 18.1 Å². The molecule has 1 aromatic heterocycles. The lowest BCUT2D eigenvalue weighted by molar-refractivity contribution is -0.00943. The van der Waals surface area contributed by atoms with Crippen LogP contribution in [0.5, 0.6) is 5.75 Å². The molecule has 6 nitrogen and oxygen atoms in total. The minimum Gasteiger partial charge on any atom is -0.485 e. The van der Waals surface area contributed by atoms with Crippen molar-refractivity contribution in [2.24, 2.45) is 0 Å². The molecule has 0 aliphatic heterocycles. The molecule has 0 radical (unpaired) electrons. The van der Waals surface area contributed by atoms with Gasteiger partial charge in [0.25, 0.3) is 0 Å². The first-order chi connectivity index (χ1) is 15.4. The first-order valence-corrected chi connectivity index (χ1v) is 14.5. The lowest BCUT2D eigenvalue weighted by Gasteiger charge is -2.42. The number of hydrogen-bond donors (Lipinski definition) is 0. The molecular weight excluding hydrogens is 420 g/mol. The van der Waals surface area contributed by atoms with Crippen LogP contribution >= 0.6 is 0 Å². The normalized spacial score (nSPS) is 16.0. The van der Waals surface area contributed by atoms with Crippen molar-refractivity contribution in [1.82, 2.24) is 4.98 Å². The van der Waals surface area contributed by atoms with Crippen molar-refractivity contribution in [3.05, 3.63) is 41.9 Å². The lowest BCUT2D eigenvalue weighted by atomic mass is 9.85. The number of anilines is 1. The average molecular weight is 459 g/mol. The number of oxazole rings is 1. The zero-order chi connectivity index (χ0) is 23.2. The molecule has 1 aliphatic carbocycles. The molecule has 1 saturated carbocycles. The molecule has 7 heteroatoms. The first kappa shape index (κ1) is 24.5. The van der Waals surface area contributed by atoms with E-state index in [0.29, 0.717) is 23.2 Å². The third-order valence-corrected chi connectivity index (χ3v) is 11.5. The molecule has 1 fully saturated rings.